The van der Waals surface area contributed by atoms with Crippen LogP contribution in [-0.4, -0.2) is 163 Å². The SMILES string of the molecule is C1CCOC1.CCCCC(F)(F)C(=O)/C=C/[C@H]1C(OC2CCCCO2)CC(OC(C)=O)C1CCCCCCC(=O)OC.CCCCC(F)(F)C(=O)CP(C)OC.CO.COC(=O)CCCCCCC1C(OC(C)=O)CC(OC2CCCCO2)[C@@H]1C=O.O=O.[H-].[Li+]. The van der Waals surface area contributed by atoms with Gasteiger partial charge in [-0.15, -0.1) is 0 Å². The number of ketones is 2. The zero-order valence-electron chi connectivity index (χ0n) is 56.0. The smallest absolute Gasteiger partial charge is 1.00 e. The molecule has 20 nitrogen and oxygen atoms in total. The van der Waals surface area contributed by atoms with Gasteiger partial charge in [0.1, 0.15) is 18.5 Å². The number of aliphatic hydroxyl groups is 1. The van der Waals surface area contributed by atoms with E-state index >= 15 is 0 Å². The van der Waals surface area contributed by atoms with Gasteiger partial charge in [-0.05, 0) is 103 Å². The molecule has 11 atom stereocenters. The number of ether oxygens (including phenoxy) is 9. The molecule has 1 N–H and O–H groups in total. The molecule has 0 radical (unpaired) electrons. The molecule has 0 aromatic carbocycles. The molecule has 89 heavy (non-hydrogen) atoms. The molecular formula is C63H108F4LiO20P. The number of halogens is 4. The quantitative estimate of drug-likeness (QED) is 0.00917. The van der Waals surface area contributed by atoms with Crippen LogP contribution in [0.1, 0.15) is 209 Å². The van der Waals surface area contributed by atoms with E-state index in [9.17, 15) is 51.1 Å². The van der Waals surface area contributed by atoms with E-state index in [0.717, 1.165) is 129 Å². The summed E-state index contributed by atoms with van der Waals surface area (Å²) in [7, 11) is 4.17. The first-order valence-electron chi connectivity index (χ1n) is 31.6. The number of methoxy groups -OCH3 is 2. The Morgan fingerprint density at radius 1 is 0.596 bits per heavy atom. The standard InChI is InChI=1S/C28H44F2O7.C21H34O7.C9H17F2O2P.C4H8O.CH4O.Li.O2.H/c1-4-5-17-28(29,30)25(32)16-15-22-21(12-8-6-7-9-13-26(33)34-3)23(36-20(2)31)19-24(22)37-27-14-10-11-18-35-27;1-15(23)27-18-13-19(28-21-11-7-8-12-26-21)17(14-22)16(18)9-5-3-4-6-10-20(24)25-2;1-4-5-6-9(10,11)8(12)7-14(3)13-2;1-2-4-5-3-1;1-2;;1-2;/h15-16,21-24,27H,4-14,17-19H2,1-3H3;14,16-19,21H,3-13H2,1-2H3;4-7H2,1-3H3;1-4H2;2H,1H3;;;/q;;;;;+1;;-1/b16-15+;;;;;;;/t21?,22-,23?,24?,27?;16?,17-,18?,19?,21?;;;;;;/m11....../s1. The maximum absolute atomic E-state index is 14.3. The number of aliphatic hydroxyl groups excluding tert-OH is 1. The third-order valence-corrected chi connectivity index (χ3v) is 17.0. The van der Waals surface area contributed by atoms with E-state index in [1.165, 1.54) is 48.0 Å². The van der Waals surface area contributed by atoms with Crippen molar-refractivity contribution >= 4 is 49.9 Å². The summed E-state index contributed by atoms with van der Waals surface area (Å²) < 4.78 is 109. The molecule has 5 rings (SSSR count). The van der Waals surface area contributed by atoms with E-state index < -0.39 is 62.4 Å². The average Bonchev–Trinajstić information content (AvgIpc) is 2.48. The van der Waals surface area contributed by atoms with Crippen LogP contribution in [0.25, 0.3) is 0 Å². The van der Waals surface area contributed by atoms with E-state index in [0.29, 0.717) is 64.6 Å². The maximum atomic E-state index is 14.3. The summed E-state index contributed by atoms with van der Waals surface area (Å²) in [5.74, 6) is -10.8. The number of allylic oxidation sites excluding steroid dienone is 1. The first-order valence-corrected chi connectivity index (χ1v) is 33.5. The molecule has 0 bridgehead atoms. The number of alkyl halides is 4. The number of carbonyl (C=O) groups is 7. The first-order chi connectivity index (χ1) is 42.2. The second kappa shape index (κ2) is 53.1. The first kappa shape index (κ1) is 87.8. The molecule has 0 aromatic rings. The van der Waals surface area contributed by atoms with Gasteiger partial charge < -0.3 is 58.5 Å². The Morgan fingerprint density at radius 2 is 1.01 bits per heavy atom. The van der Waals surface area contributed by atoms with Crippen molar-refractivity contribution in [1.82, 2.24) is 0 Å². The molecule has 3 saturated heterocycles. The number of rotatable bonds is 34. The predicted octanol–water partition coefficient (Wildman–Crippen LogP) is 9.75. The number of hydrogen-bond donors (Lipinski definition) is 1. The van der Waals surface area contributed by atoms with Crippen molar-refractivity contribution in [1.29, 1.82) is 0 Å². The van der Waals surface area contributed by atoms with Crippen LogP contribution in [0.5, 0.6) is 0 Å². The molecule has 5 fully saturated rings. The number of esters is 4. The molecule has 5 aliphatic rings. The van der Waals surface area contributed by atoms with Crippen LogP contribution >= 0.6 is 8.15 Å². The normalized spacial score (nSPS) is 24.1. The largest absolute Gasteiger partial charge is 1.00 e. The Balaban J connectivity index is -0.00000125. The average molecular weight is 1300 g/mol. The summed E-state index contributed by atoms with van der Waals surface area (Å²) in [6.45, 7) is 11.3. The molecule has 0 aromatic heterocycles. The zero-order chi connectivity index (χ0) is 66.3. The van der Waals surface area contributed by atoms with Gasteiger partial charge in [0.2, 0.25) is 11.6 Å². The van der Waals surface area contributed by atoms with Gasteiger partial charge in [-0.3, -0.25) is 28.8 Å². The van der Waals surface area contributed by atoms with Crippen molar-refractivity contribution in [2.24, 2.45) is 23.7 Å². The number of aldehydes is 1. The van der Waals surface area contributed by atoms with Crippen molar-refractivity contribution in [2.75, 3.05) is 67.7 Å². The number of hydrogen-bond acceptors (Lipinski definition) is 20. The molecule has 3 heterocycles. The second-order valence-electron chi connectivity index (χ2n) is 22.4. The van der Waals surface area contributed by atoms with Crippen molar-refractivity contribution in [3.8, 4) is 0 Å². The van der Waals surface area contributed by atoms with Gasteiger partial charge in [-0.2, -0.15) is 17.6 Å². The minimum absolute atomic E-state index is 0. The van der Waals surface area contributed by atoms with Gasteiger partial charge in [-0.1, -0.05) is 71.3 Å². The van der Waals surface area contributed by atoms with Gasteiger partial charge in [0, 0.05) is 135 Å². The maximum Gasteiger partial charge on any atom is 1.00 e. The Labute approximate surface area is 541 Å². The zero-order valence-corrected chi connectivity index (χ0v) is 55.9. The third kappa shape index (κ3) is 38.5. The number of carbonyl (C=O) groups excluding carboxylic acids is 7. The molecule has 2 aliphatic carbocycles. The fourth-order valence-electron chi connectivity index (χ4n) is 10.9. The fourth-order valence-corrected chi connectivity index (χ4v) is 11.6. The van der Waals surface area contributed by atoms with Crippen LogP contribution in [0.4, 0.5) is 17.6 Å². The van der Waals surface area contributed by atoms with Crippen molar-refractivity contribution < 1.29 is 124 Å². The summed E-state index contributed by atoms with van der Waals surface area (Å²) in [6.07, 6.45) is 20.6. The van der Waals surface area contributed by atoms with E-state index in [-0.39, 0.29) is 99.4 Å². The Morgan fingerprint density at radius 3 is 1.38 bits per heavy atom. The summed E-state index contributed by atoms with van der Waals surface area (Å²) in [5.41, 5.74) is 0. The molecule has 0 spiro atoms. The van der Waals surface area contributed by atoms with Gasteiger partial charge in [-0.25, -0.2) is 0 Å². The number of unbranched alkanes of at least 4 members (excludes halogenated alkanes) is 8. The van der Waals surface area contributed by atoms with E-state index in [1.54, 1.807) is 19.7 Å². The topological polar surface area (TPSA) is 266 Å². The van der Waals surface area contributed by atoms with Crippen LogP contribution in [0.3, 0.4) is 0 Å². The van der Waals surface area contributed by atoms with Gasteiger partial charge in [0.25, 0.3) is 0 Å². The molecule has 2 saturated carbocycles. The Bertz CT molecular complexity index is 1930. The number of Topliss-reactive ketones (excluding diaryl/α,β-unsaturated/α-hetero) is 1. The van der Waals surface area contributed by atoms with Crippen LogP contribution in [0, 0.1) is 33.6 Å². The molecular weight excluding hydrogens is 1190 g/mol. The van der Waals surface area contributed by atoms with Crippen molar-refractivity contribution in [3.05, 3.63) is 22.1 Å². The van der Waals surface area contributed by atoms with Gasteiger partial charge >= 0.3 is 54.6 Å². The summed E-state index contributed by atoms with van der Waals surface area (Å²) in [4.78, 5) is 95.2. The second-order valence-corrected chi connectivity index (χ2v) is 24.4. The van der Waals surface area contributed by atoms with E-state index in [1.807, 2.05) is 6.92 Å². The Kier molecular flexibility index (Phi) is 52.4. The molecule has 3 aliphatic heterocycles. The molecule has 514 valence electrons. The van der Waals surface area contributed by atoms with Gasteiger partial charge in [0.15, 0.2) is 12.6 Å². The monoisotopic (exact) mass is 1300 g/mol. The van der Waals surface area contributed by atoms with Crippen molar-refractivity contribution in [2.45, 2.75) is 256 Å². The van der Waals surface area contributed by atoms with Crippen LogP contribution in [0.2, 0.25) is 0 Å². The molecule has 9 unspecified atom stereocenters. The summed E-state index contributed by atoms with van der Waals surface area (Å²) >= 11 is 0. The minimum atomic E-state index is -3.40. The van der Waals surface area contributed by atoms with Crippen LogP contribution in [-0.2, 0) is 80.7 Å². The third-order valence-electron chi connectivity index (χ3n) is 15.7. The summed E-state index contributed by atoms with van der Waals surface area (Å²) in [5, 5.41) is 7.00. The van der Waals surface area contributed by atoms with Crippen LogP contribution < -0.4 is 18.9 Å². The van der Waals surface area contributed by atoms with E-state index in [2.05, 4.69) is 9.47 Å². The van der Waals surface area contributed by atoms with E-state index in [4.69, 9.17) is 52.7 Å². The summed E-state index contributed by atoms with van der Waals surface area (Å²) in [6, 6.07) is 0. The Hall–Kier alpha value is -3.30. The fraction of sp³-hybridized carbons (Fsp3) is 0.857. The van der Waals surface area contributed by atoms with Crippen molar-refractivity contribution in [3.63, 3.8) is 0 Å². The molecule has 26 heteroatoms. The van der Waals surface area contributed by atoms with Gasteiger partial charge in [0.05, 0.1) is 32.6 Å². The molecule has 0 amide bonds. The van der Waals surface area contributed by atoms with Crippen LogP contribution in [0.15, 0.2) is 12.2 Å². The predicted molar refractivity (Wildman–Crippen MR) is 326 cm³/mol. The minimum Gasteiger partial charge on any atom is -1.00 e.